The maximum atomic E-state index is 7.87. The molecule has 86 valence electrons. The van der Waals surface area contributed by atoms with E-state index in [0.29, 0.717) is 26.4 Å². The van der Waals surface area contributed by atoms with Gasteiger partial charge in [0.05, 0.1) is 26.4 Å². The standard InChI is InChI=1S/C8H22N2O2P2/c1-6(2-11-4-7(9)13)3-12-5-8(10)14/h6-8H,2-5,9-10,13-14H2,1H3/i6T. The van der Waals surface area contributed by atoms with Crippen molar-refractivity contribution < 1.29 is 10.8 Å². The average molecular weight is 242 g/mol. The van der Waals surface area contributed by atoms with Gasteiger partial charge in [0.25, 0.3) is 0 Å². The van der Waals surface area contributed by atoms with Gasteiger partial charge in [-0.2, -0.15) is 0 Å². The summed E-state index contributed by atoms with van der Waals surface area (Å²) in [5.41, 5.74) is 11.0. The van der Waals surface area contributed by atoms with Crippen molar-refractivity contribution in [3.05, 3.63) is 0 Å². The van der Waals surface area contributed by atoms with Crippen LogP contribution in [0.3, 0.4) is 0 Å². The lowest BCUT2D eigenvalue weighted by Gasteiger charge is -2.14. The highest BCUT2D eigenvalue weighted by atomic mass is 31.0. The number of ether oxygens (including phenoxy) is 2. The quantitative estimate of drug-likeness (QED) is 0.587. The van der Waals surface area contributed by atoms with Crippen LogP contribution >= 0.6 is 18.5 Å². The predicted molar refractivity (Wildman–Crippen MR) is 66.2 cm³/mol. The summed E-state index contributed by atoms with van der Waals surface area (Å²) in [4.78, 5) is 0. The van der Waals surface area contributed by atoms with Crippen molar-refractivity contribution in [3.63, 3.8) is 0 Å². The molecule has 4 unspecified atom stereocenters. The van der Waals surface area contributed by atoms with Gasteiger partial charge in [-0.3, -0.25) is 0 Å². The molecule has 0 fully saturated rings. The summed E-state index contributed by atoms with van der Waals surface area (Å²) in [5.74, 6) is -0.914. The van der Waals surface area contributed by atoms with Crippen LogP contribution in [0.1, 0.15) is 8.29 Å². The van der Waals surface area contributed by atoms with E-state index in [2.05, 4.69) is 18.5 Å². The van der Waals surface area contributed by atoms with Gasteiger partial charge in [-0.1, -0.05) is 6.92 Å². The van der Waals surface area contributed by atoms with Crippen LogP contribution < -0.4 is 11.5 Å². The van der Waals surface area contributed by atoms with Gasteiger partial charge in [-0.05, 0) is 0 Å². The molecule has 0 aromatic carbocycles. The third-order valence-corrected chi connectivity index (χ3v) is 1.70. The lowest BCUT2D eigenvalue weighted by atomic mass is 10.2. The van der Waals surface area contributed by atoms with Crippen LogP contribution in [0.15, 0.2) is 0 Å². The van der Waals surface area contributed by atoms with Crippen LogP contribution in [-0.2, 0) is 9.47 Å². The maximum Gasteiger partial charge on any atom is 0.0652 e. The average Bonchev–Trinajstić information content (AvgIpc) is 2.01. The van der Waals surface area contributed by atoms with E-state index in [1.165, 1.54) is 0 Å². The molecular weight excluding hydrogens is 218 g/mol. The number of hydrogen-bond donors (Lipinski definition) is 2. The van der Waals surface area contributed by atoms with Crippen LogP contribution in [-0.4, -0.2) is 38.0 Å². The molecule has 0 aliphatic heterocycles. The first-order chi connectivity index (χ1) is 6.83. The molecule has 6 heteroatoms. The Kier molecular flexibility index (Phi) is 8.18. The first-order valence-electron chi connectivity index (χ1n) is 5.01. The van der Waals surface area contributed by atoms with Crippen LogP contribution in [0, 0.1) is 5.89 Å². The highest BCUT2D eigenvalue weighted by Gasteiger charge is 2.04. The minimum Gasteiger partial charge on any atom is -0.379 e. The summed E-state index contributed by atoms with van der Waals surface area (Å²) in [7, 11) is 4.88. The molecule has 0 saturated carbocycles. The number of rotatable bonds is 8. The number of nitrogens with two attached hydrogens (primary N) is 2. The lowest BCUT2D eigenvalue weighted by Crippen LogP contribution is -2.24. The van der Waals surface area contributed by atoms with E-state index in [1.54, 1.807) is 6.92 Å². The summed E-state index contributed by atoms with van der Waals surface area (Å²) in [6.45, 7) is 3.24. The second kappa shape index (κ2) is 8.96. The summed E-state index contributed by atoms with van der Waals surface area (Å²) in [5, 5.41) is 0. The molecular formula is C8H22N2O2P2. The Morgan fingerprint density at radius 3 is 1.71 bits per heavy atom. The molecule has 0 aromatic heterocycles. The normalized spacial score (nSPS) is 21.1. The van der Waals surface area contributed by atoms with E-state index >= 15 is 0 Å². The fraction of sp³-hybridized carbons (Fsp3) is 1.00. The van der Waals surface area contributed by atoms with Crippen LogP contribution in [0.25, 0.3) is 0 Å². The van der Waals surface area contributed by atoms with E-state index in [0.717, 1.165) is 0 Å². The Bertz CT molecular complexity index is 155. The highest BCUT2D eigenvalue weighted by molar-refractivity contribution is 7.17. The SMILES string of the molecule is [3H]C(C)(COCC(N)P)COCC(N)P. The predicted octanol–water partition coefficient (Wildman–Crippen LogP) is -0.0245. The van der Waals surface area contributed by atoms with Gasteiger partial charge in [0.2, 0.25) is 0 Å². The fourth-order valence-corrected chi connectivity index (χ4v) is 1.05. The lowest BCUT2D eigenvalue weighted by molar-refractivity contribution is 0.0473. The number of hydrogen-bond acceptors (Lipinski definition) is 4. The van der Waals surface area contributed by atoms with Crippen molar-refractivity contribution in [1.82, 2.24) is 0 Å². The molecule has 0 heterocycles. The van der Waals surface area contributed by atoms with Gasteiger partial charge in [0.1, 0.15) is 0 Å². The first-order valence-corrected chi connectivity index (χ1v) is 5.84. The van der Waals surface area contributed by atoms with Gasteiger partial charge >= 0.3 is 0 Å². The third kappa shape index (κ3) is 10.8. The van der Waals surface area contributed by atoms with Gasteiger partial charge in [0, 0.05) is 18.8 Å². The summed E-state index contributed by atoms with van der Waals surface area (Å²) < 4.78 is 18.4. The minimum atomic E-state index is -0.751. The van der Waals surface area contributed by atoms with Crippen molar-refractivity contribution in [2.75, 3.05) is 26.4 Å². The van der Waals surface area contributed by atoms with Crippen molar-refractivity contribution in [1.29, 1.82) is 0 Å². The smallest absolute Gasteiger partial charge is 0.0652 e. The van der Waals surface area contributed by atoms with Crippen molar-refractivity contribution in [2.45, 2.75) is 18.5 Å². The second-order valence-electron chi connectivity index (χ2n) is 3.32. The molecule has 4 nitrogen and oxygen atoms in total. The van der Waals surface area contributed by atoms with Gasteiger partial charge in [0.15, 0.2) is 0 Å². The molecule has 0 amide bonds. The molecule has 0 rings (SSSR count). The summed E-state index contributed by atoms with van der Waals surface area (Å²) in [6, 6.07) is 0. The van der Waals surface area contributed by atoms with E-state index in [1.807, 2.05) is 0 Å². The largest absolute Gasteiger partial charge is 0.379 e. The third-order valence-electron chi connectivity index (χ3n) is 1.32. The molecule has 4 N–H and O–H groups in total. The van der Waals surface area contributed by atoms with Crippen molar-refractivity contribution in [2.24, 2.45) is 17.4 Å². The highest BCUT2D eigenvalue weighted by Crippen LogP contribution is 2.00. The van der Waals surface area contributed by atoms with Crippen molar-refractivity contribution >= 4 is 18.5 Å². The van der Waals surface area contributed by atoms with Gasteiger partial charge in [-0.25, -0.2) is 0 Å². The van der Waals surface area contributed by atoms with Gasteiger partial charge < -0.3 is 20.9 Å². The zero-order valence-electron chi connectivity index (χ0n) is 9.61. The molecule has 0 radical (unpaired) electrons. The zero-order valence-corrected chi connectivity index (χ0v) is 10.9. The van der Waals surface area contributed by atoms with Crippen molar-refractivity contribution in [3.8, 4) is 0 Å². The van der Waals surface area contributed by atoms with E-state index in [9.17, 15) is 0 Å². The van der Waals surface area contributed by atoms with Gasteiger partial charge in [-0.15, -0.1) is 18.5 Å². The van der Waals surface area contributed by atoms with E-state index in [4.69, 9.17) is 22.3 Å². The van der Waals surface area contributed by atoms with Crippen LogP contribution in [0.2, 0.25) is 0 Å². The first kappa shape index (κ1) is 12.8. The molecule has 0 aliphatic carbocycles. The Hall–Kier alpha value is 0.700. The monoisotopic (exact) mass is 242 g/mol. The molecule has 0 bridgehead atoms. The van der Waals surface area contributed by atoms with E-state index in [-0.39, 0.29) is 11.6 Å². The zero-order chi connectivity index (χ0) is 11.9. The Labute approximate surface area is 92.3 Å². The Balaban J connectivity index is 3.57. The Morgan fingerprint density at radius 2 is 1.43 bits per heavy atom. The molecule has 0 saturated heterocycles. The summed E-state index contributed by atoms with van der Waals surface area (Å²) >= 11 is 0. The molecule has 14 heavy (non-hydrogen) atoms. The van der Waals surface area contributed by atoms with Crippen LogP contribution in [0.5, 0.6) is 0 Å². The molecule has 0 aromatic rings. The maximum absolute atomic E-state index is 7.87. The molecule has 0 spiro atoms. The Morgan fingerprint density at radius 1 is 1.07 bits per heavy atom. The second-order valence-corrected chi connectivity index (χ2v) is 5.03. The fourth-order valence-electron chi connectivity index (χ4n) is 0.780. The molecule has 0 aliphatic rings. The van der Waals surface area contributed by atoms with E-state index < -0.39 is 5.89 Å². The summed E-state index contributed by atoms with van der Waals surface area (Å²) in [6.07, 6.45) is 0. The molecule has 4 atom stereocenters. The minimum absolute atomic E-state index is 0.0813. The topological polar surface area (TPSA) is 70.5 Å². The van der Waals surface area contributed by atoms with Crippen LogP contribution in [0.4, 0.5) is 0 Å².